The van der Waals surface area contributed by atoms with Gasteiger partial charge in [0.05, 0.1) is 12.8 Å². The third kappa shape index (κ3) is 4.81. The fraction of sp³-hybridized carbons (Fsp3) is 0.176. The Labute approximate surface area is 133 Å². The molecule has 2 rings (SSSR count). The molecule has 0 aromatic heterocycles. The Morgan fingerprint density at radius 1 is 1.09 bits per heavy atom. The molecule has 6 heteroatoms. The molecule has 0 bridgehead atoms. The number of benzene rings is 2. The lowest BCUT2D eigenvalue weighted by atomic mass is 10.1. The first kappa shape index (κ1) is 16.5. The van der Waals surface area contributed by atoms with E-state index in [4.69, 9.17) is 4.74 Å². The number of para-hydroxylation sites is 1. The van der Waals surface area contributed by atoms with Crippen molar-refractivity contribution in [1.29, 1.82) is 0 Å². The number of urea groups is 1. The van der Waals surface area contributed by atoms with Crippen LogP contribution < -0.4 is 10.6 Å². The van der Waals surface area contributed by atoms with Crippen LogP contribution in [0.3, 0.4) is 0 Å². The van der Waals surface area contributed by atoms with Crippen LogP contribution in [-0.2, 0) is 16.0 Å². The average Bonchev–Trinajstić information content (AvgIpc) is 2.56. The Morgan fingerprint density at radius 2 is 1.74 bits per heavy atom. The summed E-state index contributed by atoms with van der Waals surface area (Å²) in [5, 5.41) is 4.87. The van der Waals surface area contributed by atoms with Crippen LogP contribution in [0.4, 0.5) is 14.9 Å². The third-order valence-electron chi connectivity index (χ3n) is 3.20. The summed E-state index contributed by atoms with van der Waals surface area (Å²) in [5.74, 6) is -1.13. The summed E-state index contributed by atoms with van der Waals surface area (Å²) in [6.45, 7) is 0. The van der Waals surface area contributed by atoms with Gasteiger partial charge in [0, 0.05) is 6.42 Å². The van der Waals surface area contributed by atoms with Crippen molar-refractivity contribution in [3.05, 3.63) is 66.0 Å². The molecule has 0 heterocycles. The molecule has 0 saturated carbocycles. The third-order valence-corrected chi connectivity index (χ3v) is 3.20. The number of anilines is 1. The average molecular weight is 316 g/mol. The topological polar surface area (TPSA) is 67.4 Å². The summed E-state index contributed by atoms with van der Waals surface area (Å²) in [6.07, 6.45) is 0.276. The number of carbonyl (C=O) groups excluding carboxylic acids is 2. The molecule has 0 fully saturated rings. The van der Waals surface area contributed by atoms with Gasteiger partial charge in [-0.05, 0) is 17.7 Å². The predicted octanol–water partition coefficient (Wildman–Crippen LogP) is 2.73. The second-order valence-corrected chi connectivity index (χ2v) is 4.84. The van der Waals surface area contributed by atoms with E-state index in [-0.39, 0.29) is 12.1 Å². The van der Waals surface area contributed by atoms with E-state index in [1.807, 2.05) is 30.3 Å². The quantitative estimate of drug-likeness (QED) is 0.834. The van der Waals surface area contributed by atoms with Gasteiger partial charge in [0.1, 0.15) is 11.9 Å². The second-order valence-electron chi connectivity index (χ2n) is 4.84. The van der Waals surface area contributed by atoms with Gasteiger partial charge in [-0.2, -0.15) is 0 Å². The summed E-state index contributed by atoms with van der Waals surface area (Å²) >= 11 is 0. The number of rotatable bonds is 5. The molecular formula is C17H17FN2O3. The number of ether oxygens (including phenoxy) is 1. The van der Waals surface area contributed by atoms with Crippen molar-refractivity contribution in [3.63, 3.8) is 0 Å². The Balaban J connectivity index is 2.04. The van der Waals surface area contributed by atoms with E-state index in [0.717, 1.165) is 5.56 Å². The van der Waals surface area contributed by atoms with E-state index in [1.165, 1.54) is 25.3 Å². The summed E-state index contributed by atoms with van der Waals surface area (Å²) in [7, 11) is 1.25. The second kappa shape index (κ2) is 7.93. The summed E-state index contributed by atoms with van der Waals surface area (Å²) in [4.78, 5) is 23.8. The van der Waals surface area contributed by atoms with Gasteiger partial charge in [-0.15, -0.1) is 0 Å². The highest BCUT2D eigenvalue weighted by Crippen LogP contribution is 2.12. The Hall–Kier alpha value is -2.89. The zero-order valence-corrected chi connectivity index (χ0v) is 12.6. The van der Waals surface area contributed by atoms with Crippen LogP contribution in [0.1, 0.15) is 5.56 Å². The van der Waals surface area contributed by atoms with Crippen molar-refractivity contribution in [3.8, 4) is 0 Å². The molecule has 1 atom stereocenters. The molecule has 0 radical (unpaired) electrons. The molecule has 2 aromatic carbocycles. The summed E-state index contributed by atoms with van der Waals surface area (Å²) in [5.41, 5.74) is 0.905. The zero-order valence-electron chi connectivity index (χ0n) is 12.6. The fourth-order valence-electron chi connectivity index (χ4n) is 2.06. The molecule has 1 unspecified atom stereocenters. The first-order valence-corrected chi connectivity index (χ1v) is 7.04. The van der Waals surface area contributed by atoms with Crippen molar-refractivity contribution in [1.82, 2.24) is 5.32 Å². The molecule has 0 aliphatic rings. The van der Waals surface area contributed by atoms with E-state index in [2.05, 4.69) is 10.6 Å². The number of carbonyl (C=O) groups is 2. The number of amides is 2. The molecule has 0 aliphatic carbocycles. The minimum atomic E-state index is -0.867. The number of hydrogen-bond acceptors (Lipinski definition) is 3. The van der Waals surface area contributed by atoms with Crippen molar-refractivity contribution >= 4 is 17.7 Å². The zero-order chi connectivity index (χ0) is 16.7. The van der Waals surface area contributed by atoms with Crippen LogP contribution in [0, 0.1) is 5.82 Å². The molecule has 120 valence electrons. The minimum absolute atomic E-state index is 0.0355. The lowest BCUT2D eigenvalue weighted by molar-refractivity contribution is -0.142. The SMILES string of the molecule is COC(=O)C(Cc1ccccc1)NC(=O)Nc1ccccc1F. The van der Waals surface area contributed by atoms with E-state index >= 15 is 0 Å². The van der Waals surface area contributed by atoms with Gasteiger partial charge in [-0.25, -0.2) is 14.0 Å². The molecule has 2 amide bonds. The van der Waals surface area contributed by atoms with Crippen molar-refractivity contribution in [2.45, 2.75) is 12.5 Å². The molecule has 23 heavy (non-hydrogen) atoms. The summed E-state index contributed by atoms with van der Waals surface area (Å²) in [6, 6.07) is 13.4. The molecule has 0 aliphatic heterocycles. The fourth-order valence-corrected chi connectivity index (χ4v) is 2.06. The van der Waals surface area contributed by atoms with Crippen molar-refractivity contribution in [2.75, 3.05) is 12.4 Å². The largest absolute Gasteiger partial charge is 0.467 e. The van der Waals surface area contributed by atoms with Crippen LogP contribution >= 0.6 is 0 Å². The Bertz CT molecular complexity index is 677. The highest BCUT2D eigenvalue weighted by Gasteiger charge is 2.22. The van der Waals surface area contributed by atoms with E-state index in [1.54, 1.807) is 6.07 Å². The monoisotopic (exact) mass is 316 g/mol. The number of hydrogen-bond donors (Lipinski definition) is 2. The highest BCUT2D eigenvalue weighted by molar-refractivity contribution is 5.92. The highest BCUT2D eigenvalue weighted by atomic mass is 19.1. The first-order chi connectivity index (χ1) is 11.1. The predicted molar refractivity (Wildman–Crippen MR) is 84.5 cm³/mol. The van der Waals surface area contributed by atoms with E-state index < -0.39 is 23.9 Å². The molecular weight excluding hydrogens is 299 g/mol. The van der Waals surface area contributed by atoms with Gasteiger partial charge in [0.15, 0.2) is 0 Å². The van der Waals surface area contributed by atoms with Crippen molar-refractivity contribution < 1.29 is 18.7 Å². The van der Waals surface area contributed by atoms with E-state index in [9.17, 15) is 14.0 Å². The van der Waals surface area contributed by atoms with Gasteiger partial charge in [-0.1, -0.05) is 42.5 Å². The molecule has 2 aromatic rings. The maximum Gasteiger partial charge on any atom is 0.328 e. The Morgan fingerprint density at radius 3 is 2.39 bits per heavy atom. The van der Waals surface area contributed by atoms with Crippen LogP contribution in [0.2, 0.25) is 0 Å². The van der Waals surface area contributed by atoms with Gasteiger partial charge in [-0.3, -0.25) is 0 Å². The van der Waals surface area contributed by atoms with E-state index in [0.29, 0.717) is 0 Å². The van der Waals surface area contributed by atoms with Gasteiger partial charge in [0.25, 0.3) is 0 Å². The smallest absolute Gasteiger partial charge is 0.328 e. The molecule has 5 nitrogen and oxygen atoms in total. The number of esters is 1. The van der Waals surface area contributed by atoms with Crippen molar-refractivity contribution in [2.24, 2.45) is 0 Å². The minimum Gasteiger partial charge on any atom is -0.467 e. The van der Waals surface area contributed by atoms with Gasteiger partial charge >= 0.3 is 12.0 Å². The number of halogens is 1. The number of nitrogens with one attached hydrogen (secondary N) is 2. The van der Waals surface area contributed by atoms with Crippen LogP contribution in [0.5, 0.6) is 0 Å². The maximum atomic E-state index is 13.5. The summed E-state index contributed by atoms with van der Waals surface area (Å²) < 4.78 is 18.2. The molecule has 0 saturated heterocycles. The first-order valence-electron chi connectivity index (χ1n) is 7.04. The standard InChI is InChI=1S/C17H17FN2O3/c1-23-16(21)15(11-12-7-3-2-4-8-12)20-17(22)19-14-10-6-5-9-13(14)18/h2-10,15H,11H2,1H3,(H2,19,20,22). The van der Waals surface area contributed by atoms with Gasteiger partial charge in [0.2, 0.25) is 0 Å². The normalized spacial score (nSPS) is 11.4. The Kier molecular flexibility index (Phi) is 5.68. The van der Waals surface area contributed by atoms with Crippen LogP contribution in [0.25, 0.3) is 0 Å². The lowest BCUT2D eigenvalue weighted by Gasteiger charge is -2.17. The van der Waals surface area contributed by atoms with Crippen LogP contribution in [-0.4, -0.2) is 25.2 Å². The van der Waals surface area contributed by atoms with Gasteiger partial charge < -0.3 is 15.4 Å². The molecule has 2 N–H and O–H groups in total. The lowest BCUT2D eigenvalue weighted by Crippen LogP contribution is -2.45. The molecule has 0 spiro atoms. The maximum absolute atomic E-state index is 13.5. The van der Waals surface area contributed by atoms with Crippen LogP contribution in [0.15, 0.2) is 54.6 Å². The number of methoxy groups -OCH3 is 1.